The van der Waals surface area contributed by atoms with Crippen molar-refractivity contribution in [3.8, 4) is 5.75 Å². The van der Waals surface area contributed by atoms with Crippen molar-refractivity contribution in [3.63, 3.8) is 0 Å². The van der Waals surface area contributed by atoms with Crippen molar-refractivity contribution in [2.45, 2.75) is 31.7 Å². The summed E-state index contributed by atoms with van der Waals surface area (Å²) >= 11 is 0. The predicted octanol–water partition coefficient (Wildman–Crippen LogP) is 2.30. The highest BCUT2D eigenvalue weighted by atomic mass is 19.1. The van der Waals surface area contributed by atoms with E-state index in [1.807, 2.05) is 0 Å². The van der Waals surface area contributed by atoms with Gasteiger partial charge >= 0.3 is 0 Å². The van der Waals surface area contributed by atoms with Crippen molar-refractivity contribution in [1.29, 1.82) is 0 Å². The topological polar surface area (TPSA) is 50.4 Å². The number of halogens is 1. The van der Waals surface area contributed by atoms with Gasteiger partial charge in [-0.1, -0.05) is 12.8 Å². The fourth-order valence-electron chi connectivity index (χ4n) is 2.30. The molecule has 1 saturated carbocycles. The number of methoxy groups -OCH3 is 1. The van der Waals surface area contributed by atoms with Crippen LogP contribution in [0.4, 0.5) is 10.1 Å². The Morgan fingerprint density at radius 2 is 2.16 bits per heavy atom. The highest BCUT2D eigenvalue weighted by Gasteiger charge is 2.16. The lowest BCUT2D eigenvalue weighted by Crippen LogP contribution is -2.36. The maximum Gasteiger partial charge on any atom is 0.239 e. The number of rotatable bonds is 5. The van der Waals surface area contributed by atoms with Crippen molar-refractivity contribution in [3.05, 3.63) is 24.0 Å². The quantitative estimate of drug-likeness (QED) is 0.860. The standard InChI is InChI=1S/C14H19FN2O2/c1-19-13-8-11(6-7-12(13)15)16-9-14(18)17-10-4-2-3-5-10/h6-8,10,16H,2-5,9H2,1H3,(H,17,18). The van der Waals surface area contributed by atoms with Crippen LogP contribution in [0.1, 0.15) is 25.7 Å². The Hall–Kier alpha value is -1.78. The second-order valence-corrected chi connectivity index (χ2v) is 4.75. The molecule has 1 fully saturated rings. The van der Waals surface area contributed by atoms with Crippen LogP contribution in [0.25, 0.3) is 0 Å². The van der Waals surface area contributed by atoms with Crippen molar-refractivity contribution >= 4 is 11.6 Å². The Morgan fingerprint density at radius 3 is 2.84 bits per heavy atom. The van der Waals surface area contributed by atoms with Crippen LogP contribution < -0.4 is 15.4 Å². The minimum absolute atomic E-state index is 0.0322. The average molecular weight is 266 g/mol. The Bertz CT molecular complexity index is 445. The van der Waals surface area contributed by atoms with E-state index < -0.39 is 5.82 Å². The number of carbonyl (C=O) groups excluding carboxylic acids is 1. The lowest BCUT2D eigenvalue weighted by molar-refractivity contribution is -0.120. The number of benzene rings is 1. The molecular formula is C14H19FN2O2. The van der Waals surface area contributed by atoms with Crippen LogP contribution in [0.3, 0.4) is 0 Å². The van der Waals surface area contributed by atoms with Crippen LogP contribution in [-0.4, -0.2) is 25.6 Å². The number of ether oxygens (including phenoxy) is 1. The number of amides is 1. The molecule has 1 aliphatic carbocycles. The number of anilines is 1. The molecule has 0 heterocycles. The third kappa shape index (κ3) is 3.84. The summed E-state index contributed by atoms with van der Waals surface area (Å²) in [6.45, 7) is 0.186. The highest BCUT2D eigenvalue weighted by Crippen LogP contribution is 2.21. The molecule has 4 nitrogen and oxygen atoms in total. The highest BCUT2D eigenvalue weighted by molar-refractivity contribution is 5.81. The van der Waals surface area contributed by atoms with Gasteiger partial charge in [-0.05, 0) is 25.0 Å². The predicted molar refractivity (Wildman–Crippen MR) is 71.8 cm³/mol. The van der Waals surface area contributed by atoms with E-state index >= 15 is 0 Å². The smallest absolute Gasteiger partial charge is 0.239 e. The zero-order valence-electron chi connectivity index (χ0n) is 11.0. The summed E-state index contributed by atoms with van der Waals surface area (Å²) < 4.78 is 18.1. The van der Waals surface area contributed by atoms with Crippen LogP contribution in [0, 0.1) is 5.82 Å². The lowest BCUT2D eigenvalue weighted by Gasteiger charge is -2.13. The first-order chi connectivity index (χ1) is 9.19. The lowest BCUT2D eigenvalue weighted by atomic mass is 10.2. The minimum Gasteiger partial charge on any atom is -0.494 e. The number of carbonyl (C=O) groups is 1. The third-order valence-electron chi connectivity index (χ3n) is 3.32. The van der Waals surface area contributed by atoms with Crippen LogP contribution in [-0.2, 0) is 4.79 Å². The Balaban J connectivity index is 1.82. The molecule has 0 radical (unpaired) electrons. The second kappa shape index (κ2) is 6.41. The van der Waals surface area contributed by atoms with Gasteiger partial charge in [0.05, 0.1) is 13.7 Å². The first-order valence-electron chi connectivity index (χ1n) is 6.56. The zero-order chi connectivity index (χ0) is 13.7. The van der Waals surface area contributed by atoms with Gasteiger partial charge in [-0.15, -0.1) is 0 Å². The van der Waals surface area contributed by atoms with E-state index in [1.165, 1.54) is 32.1 Å². The van der Waals surface area contributed by atoms with Gasteiger partial charge in [-0.25, -0.2) is 4.39 Å². The Labute approximate surface area is 112 Å². The van der Waals surface area contributed by atoms with E-state index in [-0.39, 0.29) is 18.2 Å². The molecular weight excluding hydrogens is 247 g/mol. The van der Waals surface area contributed by atoms with Crippen molar-refractivity contribution in [1.82, 2.24) is 5.32 Å². The summed E-state index contributed by atoms with van der Waals surface area (Å²) in [5.41, 5.74) is 0.667. The molecule has 1 aromatic carbocycles. The first kappa shape index (κ1) is 13.6. The Morgan fingerprint density at radius 1 is 1.42 bits per heavy atom. The van der Waals surface area contributed by atoms with E-state index in [2.05, 4.69) is 10.6 Å². The molecule has 0 unspecified atom stereocenters. The van der Waals surface area contributed by atoms with E-state index in [1.54, 1.807) is 6.07 Å². The van der Waals surface area contributed by atoms with Crippen molar-refractivity contribution < 1.29 is 13.9 Å². The van der Waals surface area contributed by atoms with Gasteiger partial charge in [0, 0.05) is 17.8 Å². The summed E-state index contributed by atoms with van der Waals surface area (Å²) in [4.78, 5) is 11.7. The summed E-state index contributed by atoms with van der Waals surface area (Å²) in [5, 5.41) is 5.94. The molecule has 0 aromatic heterocycles. The first-order valence-corrected chi connectivity index (χ1v) is 6.56. The SMILES string of the molecule is COc1cc(NCC(=O)NC2CCCC2)ccc1F. The zero-order valence-corrected chi connectivity index (χ0v) is 11.0. The number of nitrogens with one attached hydrogen (secondary N) is 2. The summed E-state index contributed by atoms with van der Waals surface area (Å²) in [6, 6.07) is 4.76. The van der Waals surface area contributed by atoms with Crippen LogP contribution in [0.2, 0.25) is 0 Å². The molecule has 104 valence electrons. The monoisotopic (exact) mass is 266 g/mol. The van der Waals surface area contributed by atoms with Crippen molar-refractivity contribution in [2.24, 2.45) is 0 Å². The molecule has 2 N–H and O–H groups in total. The number of hydrogen-bond acceptors (Lipinski definition) is 3. The van der Waals surface area contributed by atoms with E-state index in [0.29, 0.717) is 11.7 Å². The molecule has 0 spiro atoms. The van der Waals surface area contributed by atoms with Gasteiger partial charge in [0.25, 0.3) is 0 Å². The molecule has 1 aromatic rings. The van der Waals surface area contributed by atoms with Gasteiger partial charge in [-0.2, -0.15) is 0 Å². The molecule has 2 rings (SSSR count). The van der Waals surface area contributed by atoms with Gasteiger partial charge in [-0.3, -0.25) is 4.79 Å². The fraction of sp³-hybridized carbons (Fsp3) is 0.500. The van der Waals surface area contributed by atoms with Crippen LogP contribution >= 0.6 is 0 Å². The molecule has 1 amide bonds. The summed E-state index contributed by atoms with van der Waals surface area (Å²) in [5.74, 6) is -0.278. The molecule has 0 aliphatic heterocycles. The molecule has 19 heavy (non-hydrogen) atoms. The normalized spacial score (nSPS) is 15.3. The van der Waals surface area contributed by atoms with Crippen LogP contribution in [0.15, 0.2) is 18.2 Å². The van der Waals surface area contributed by atoms with E-state index in [0.717, 1.165) is 12.8 Å². The van der Waals surface area contributed by atoms with E-state index in [4.69, 9.17) is 4.74 Å². The van der Waals surface area contributed by atoms with Gasteiger partial charge in [0.1, 0.15) is 0 Å². The average Bonchev–Trinajstić information content (AvgIpc) is 2.90. The fourth-order valence-corrected chi connectivity index (χ4v) is 2.30. The summed E-state index contributed by atoms with van der Waals surface area (Å²) in [6.07, 6.45) is 4.51. The van der Waals surface area contributed by atoms with Gasteiger partial charge < -0.3 is 15.4 Å². The molecule has 0 atom stereocenters. The minimum atomic E-state index is -0.413. The maximum absolute atomic E-state index is 13.2. The van der Waals surface area contributed by atoms with E-state index in [9.17, 15) is 9.18 Å². The van der Waals surface area contributed by atoms with Gasteiger partial charge in [0.2, 0.25) is 5.91 Å². The molecule has 5 heteroatoms. The molecule has 1 aliphatic rings. The third-order valence-corrected chi connectivity index (χ3v) is 3.32. The summed E-state index contributed by atoms with van der Waals surface area (Å²) in [7, 11) is 1.41. The largest absolute Gasteiger partial charge is 0.494 e. The molecule has 0 saturated heterocycles. The van der Waals surface area contributed by atoms with Gasteiger partial charge in [0.15, 0.2) is 11.6 Å². The molecule has 0 bridgehead atoms. The van der Waals surface area contributed by atoms with Crippen molar-refractivity contribution in [2.75, 3.05) is 19.0 Å². The number of hydrogen-bond donors (Lipinski definition) is 2. The second-order valence-electron chi connectivity index (χ2n) is 4.75. The van der Waals surface area contributed by atoms with Crippen LogP contribution in [0.5, 0.6) is 5.75 Å². The maximum atomic E-state index is 13.2. The Kier molecular flexibility index (Phi) is 4.60.